The minimum absolute atomic E-state index is 0. The van der Waals surface area contributed by atoms with Gasteiger partial charge in [0.2, 0.25) is 10.0 Å². The van der Waals surface area contributed by atoms with Crippen molar-refractivity contribution in [3.63, 3.8) is 0 Å². The van der Waals surface area contributed by atoms with Crippen LogP contribution in [0, 0.1) is 0 Å². The normalized spacial score (nSPS) is 15.5. The van der Waals surface area contributed by atoms with E-state index in [-0.39, 0.29) is 29.7 Å². The highest BCUT2D eigenvalue weighted by Gasteiger charge is 2.12. The van der Waals surface area contributed by atoms with Gasteiger partial charge >= 0.3 is 0 Å². The third-order valence-electron chi connectivity index (χ3n) is 4.72. The number of morpholine rings is 1. The van der Waals surface area contributed by atoms with Crippen LogP contribution in [0.4, 0.5) is 0 Å². The van der Waals surface area contributed by atoms with Gasteiger partial charge in [-0.3, -0.25) is 4.90 Å². The molecule has 0 amide bonds. The van der Waals surface area contributed by atoms with E-state index >= 15 is 0 Å². The van der Waals surface area contributed by atoms with Gasteiger partial charge in [-0.2, -0.15) is 0 Å². The Balaban J connectivity index is 0.00000450. The first-order valence-electron chi connectivity index (χ1n) is 10.4. The molecule has 172 valence electrons. The van der Waals surface area contributed by atoms with E-state index in [1.165, 1.54) is 11.1 Å². The quantitative estimate of drug-likeness (QED) is 0.167. The van der Waals surface area contributed by atoms with Crippen LogP contribution in [0.5, 0.6) is 0 Å². The van der Waals surface area contributed by atoms with E-state index in [0.717, 1.165) is 45.4 Å². The van der Waals surface area contributed by atoms with Crippen molar-refractivity contribution in [1.29, 1.82) is 0 Å². The summed E-state index contributed by atoms with van der Waals surface area (Å²) in [5.41, 5.74) is 2.51. The lowest BCUT2D eigenvalue weighted by Gasteiger charge is -2.27. The Morgan fingerprint density at radius 3 is 2.47 bits per heavy atom. The van der Waals surface area contributed by atoms with Gasteiger partial charge in [0.05, 0.1) is 25.5 Å². The zero-order valence-electron chi connectivity index (χ0n) is 18.0. The molecule has 0 atom stereocenters. The lowest BCUT2D eigenvalue weighted by Crippen LogP contribution is -2.39. The Morgan fingerprint density at radius 2 is 1.80 bits per heavy atom. The van der Waals surface area contributed by atoms with Crippen molar-refractivity contribution >= 4 is 40.0 Å². The fourth-order valence-electron chi connectivity index (χ4n) is 3.00. The predicted octanol–water partition coefficient (Wildman–Crippen LogP) is 1.52. The average Bonchev–Trinajstić information content (AvgIpc) is 2.73. The highest BCUT2D eigenvalue weighted by atomic mass is 127. The summed E-state index contributed by atoms with van der Waals surface area (Å²) in [6.07, 6.45) is 0.692. The number of rotatable bonds is 11. The summed E-state index contributed by atoms with van der Waals surface area (Å²) in [6, 6.07) is 8.42. The number of nitrogens with zero attached hydrogens (tertiary/aromatic N) is 2. The van der Waals surface area contributed by atoms with Gasteiger partial charge in [0.1, 0.15) is 0 Å². The maximum absolute atomic E-state index is 11.5. The maximum atomic E-state index is 11.5. The van der Waals surface area contributed by atoms with Crippen molar-refractivity contribution in [3.05, 3.63) is 35.4 Å². The van der Waals surface area contributed by atoms with E-state index in [4.69, 9.17) is 9.73 Å². The standard InChI is InChI=1S/C20H35N5O3S.HI/c1-3-21-20(22-10-7-11-24-29(26,27)4-2)23-16-18-8-5-6-9-19(18)17-25-12-14-28-15-13-25;/h5-6,8-9,24H,3-4,7,10-17H2,1-2H3,(H2,21,22,23);1H. The number of nitrogens with one attached hydrogen (secondary N) is 3. The number of ether oxygens (including phenoxy) is 1. The molecule has 0 unspecified atom stereocenters. The molecule has 0 spiro atoms. The van der Waals surface area contributed by atoms with E-state index in [2.05, 4.69) is 38.5 Å². The van der Waals surface area contributed by atoms with Crippen LogP contribution < -0.4 is 15.4 Å². The van der Waals surface area contributed by atoms with Crippen LogP contribution in [0.1, 0.15) is 31.4 Å². The topological polar surface area (TPSA) is 95.1 Å². The molecule has 1 aromatic rings. The Morgan fingerprint density at radius 1 is 1.10 bits per heavy atom. The van der Waals surface area contributed by atoms with Crippen molar-refractivity contribution in [2.45, 2.75) is 33.4 Å². The molecule has 1 fully saturated rings. The van der Waals surface area contributed by atoms with Gasteiger partial charge in [-0.25, -0.2) is 18.1 Å². The minimum Gasteiger partial charge on any atom is -0.379 e. The Kier molecular flexibility index (Phi) is 13.5. The lowest BCUT2D eigenvalue weighted by atomic mass is 10.1. The molecule has 2 rings (SSSR count). The van der Waals surface area contributed by atoms with E-state index < -0.39 is 10.0 Å². The molecule has 1 aliphatic rings. The summed E-state index contributed by atoms with van der Waals surface area (Å²) in [5.74, 6) is 0.848. The Labute approximate surface area is 198 Å². The molecule has 0 aliphatic carbocycles. The highest BCUT2D eigenvalue weighted by Crippen LogP contribution is 2.14. The smallest absolute Gasteiger partial charge is 0.211 e. The predicted molar refractivity (Wildman–Crippen MR) is 133 cm³/mol. The van der Waals surface area contributed by atoms with Gasteiger partial charge in [0.15, 0.2) is 5.96 Å². The number of sulfonamides is 1. The van der Waals surface area contributed by atoms with E-state index in [1.54, 1.807) is 6.92 Å². The van der Waals surface area contributed by atoms with Crippen molar-refractivity contribution in [2.75, 3.05) is 51.7 Å². The molecule has 1 saturated heterocycles. The average molecular weight is 554 g/mol. The van der Waals surface area contributed by atoms with Crippen LogP contribution in [0.15, 0.2) is 29.3 Å². The lowest BCUT2D eigenvalue weighted by molar-refractivity contribution is 0.0341. The van der Waals surface area contributed by atoms with E-state index in [1.807, 2.05) is 13.0 Å². The second kappa shape index (κ2) is 15.0. The second-order valence-electron chi connectivity index (χ2n) is 6.93. The Hall–Kier alpha value is -0.950. The van der Waals surface area contributed by atoms with Crippen molar-refractivity contribution in [1.82, 2.24) is 20.3 Å². The minimum atomic E-state index is -3.13. The molecule has 0 bridgehead atoms. The summed E-state index contributed by atoms with van der Waals surface area (Å²) in [5, 5.41) is 6.52. The van der Waals surface area contributed by atoms with Gasteiger partial charge in [0.25, 0.3) is 0 Å². The number of benzene rings is 1. The summed E-state index contributed by atoms with van der Waals surface area (Å²) in [7, 11) is -3.13. The van der Waals surface area contributed by atoms with E-state index in [9.17, 15) is 8.42 Å². The fraction of sp³-hybridized carbons (Fsp3) is 0.650. The fourth-order valence-corrected chi connectivity index (χ4v) is 3.66. The van der Waals surface area contributed by atoms with Gasteiger partial charge in [-0.15, -0.1) is 24.0 Å². The number of guanidine groups is 1. The molecule has 0 saturated carbocycles. The van der Waals surface area contributed by atoms with Crippen LogP contribution in [-0.4, -0.2) is 71.0 Å². The van der Waals surface area contributed by atoms with Crippen LogP contribution in [0.3, 0.4) is 0 Å². The van der Waals surface area contributed by atoms with Gasteiger partial charge in [0, 0.05) is 39.3 Å². The molecule has 0 radical (unpaired) electrons. The summed E-state index contributed by atoms with van der Waals surface area (Å²) >= 11 is 0. The molecule has 1 heterocycles. The molecule has 30 heavy (non-hydrogen) atoms. The highest BCUT2D eigenvalue weighted by molar-refractivity contribution is 14.0. The van der Waals surface area contributed by atoms with Crippen LogP contribution >= 0.6 is 24.0 Å². The second-order valence-corrected chi connectivity index (χ2v) is 9.03. The third-order valence-corrected chi connectivity index (χ3v) is 6.12. The molecule has 8 nitrogen and oxygen atoms in total. The van der Waals surface area contributed by atoms with Crippen LogP contribution in [0.2, 0.25) is 0 Å². The summed E-state index contributed by atoms with van der Waals surface area (Å²) in [4.78, 5) is 7.12. The molecule has 1 aliphatic heterocycles. The largest absolute Gasteiger partial charge is 0.379 e. The number of aliphatic imine (C=N–C) groups is 1. The zero-order valence-corrected chi connectivity index (χ0v) is 21.2. The monoisotopic (exact) mass is 553 g/mol. The number of hydrogen-bond acceptors (Lipinski definition) is 5. The molecular formula is C20H36IN5O3S. The summed E-state index contributed by atoms with van der Waals surface area (Å²) in [6.45, 7) is 10.5. The van der Waals surface area contributed by atoms with Crippen molar-refractivity contribution in [3.8, 4) is 0 Å². The number of halogens is 1. The van der Waals surface area contributed by atoms with Gasteiger partial charge in [-0.05, 0) is 31.4 Å². The molecule has 3 N–H and O–H groups in total. The molecular weight excluding hydrogens is 517 g/mol. The molecule has 1 aromatic carbocycles. The molecule has 0 aromatic heterocycles. The van der Waals surface area contributed by atoms with Crippen LogP contribution in [-0.2, 0) is 27.8 Å². The first-order chi connectivity index (χ1) is 14.0. The zero-order chi connectivity index (χ0) is 21.0. The Bertz CT molecular complexity index is 740. The first kappa shape index (κ1) is 27.1. The SMILES string of the molecule is CCNC(=NCc1ccccc1CN1CCOCC1)NCCCNS(=O)(=O)CC.I. The van der Waals surface area contributed by atoms with Crippen LogP contribution in [0.25, 0.3) is 0 Å². The van der Waals surface area contributed by atoms with E-state index in [0.29, 0.717) is 26.1 Å². The van der Waals surface area contributed by atoms with Crippen molar-refractivity contribution in [2.24, 2.45) is 4.99 Å². The van der Waals surface area contributed by atoms with Gasteiger partial charge < -0.3 is 15.4 Å². The first-order valence-corrected chi connectivity index (χ1v) is 12.1. The number of hydrogen-bond donors (Lipinski definition) is 3. The maximum Gasteiger partial charge on any atom is 0.211 e. The summed E-state index contributed by atoms with van der Waals surface area (Å²) < 4.78 is 30.9. The van der Waals surface area contributed by atoms with Gasteiger partial charge in [-0.1, -0.05) is 24.3 Å². The third kappa shape index (κ3) is 10.4. The van der Waals surface area contributed by atoms with Crippen molar-refractivity contribution < 1.29 is 13.2 Å². The molecule has 10 heteroatoms.